The van der Waals surface area contributed by atoms with Crippen LogP contribution in [0.1, 0.15) is 11.1 Å². The molecule has 2 aliphatic heterocycles. The van der Waals surface area contributed by atoms with Crippen LogP contribution in [0.2, 0.25) is 0 Å². The van der Waals surface area contributed by atoms with E-state index in [9.17, 15) is 9.59 Å². The van der Waals surface area contributed by atoms with E-state index in [0.717, 1.165) is 16.8 Å². The number of benzene rings is 1. The Morgan fingerprint density at radius 2 is 2.24 bits per heavy atom. The summed E-state index contributed by atoms with van der Waals surface area (Å²) in [6.07, 6.45) is -0.901. The molecule has 0 spiro atoms. The van der Waals surface area contributed by atoms with Crippen molar-refractivity contribution in [3.63, 3.8) is 0 Å². The predicted molar refractivity (Wildman–Crippen MR) is 75.3 cm³/mol. The van der Waals surface area contributed by atoms with Crippen molar-refractivity contribution in [3.05, 3.63) is 29.3 Å². The molecule has 2 aliphatic rings. The molecule has 1 aromatic carbocycles. The number of cyclic esters (lactones) is 1. The second-order valence-corrected chi connectivity index (χ2v) is 5.26. The fraction of sp³-hybridized carbons (Fsp3) is 0.429. The van der Waals surface area contributed by atoms with Crippen molar-refractivity contribution in [1.29, 1.82) is 0 Å². The van der Waals surface area contributed by atoms with E-state index in [1.807, 2.05) is 18.2 Å². The Labute approximate surface area is 121 Å². The summed E-state index contributed by atoms with van der Waals surface area (Å²) in [4.78, 5) is 25.8. The molecule has 3 N–H and O–H groups in total. The minimum Gasteiger partial charge on any atom is -0.465 e. The minimum atomic E-state index is -0.904. The molecular weight excluding hydrogens is 274 g/mol. The van der Waals surface area contributed by atoms with Crippen LogP contribution in [0.5, 0.6) is 0 Å². The maximum atomic E-state index is 11.8. The first kappa shape index (κ1) is 13.7. The van der Waals surface area contributed by atoms with Gasteiger partial charge in [0.05, 0.1) is 6.54 Å². The molecule has 7 heteroatoms. The number of fused-ring (bicyclic) bond motifs is 1. The van der Waals surface area contributed by atoms with E-state index in [1.165, 1.54) is 4.90 Å². The van der Waals surface area contributed by atoms with E-state index in [1.54, 1.807) is 4.90 Å². The number of carboxylic acid groups (broad SMARTS) is 1. The number of carbonyl (C=O) groups is 2. The van der Waals surface area contributed by atoms with E-state index in [4.69, 9.17) is 15.6 Å². The van der Waals surface area contributed by atoms with Gasteiger partial charge in [0.2, 0.25) is 0 Å². The normalized spacial score (nSPS) is 21.2. The Balaban J connectivity index is 1.81. The molecule has 21 heavy (non-hydrogen) atoms. The van der Waals surface area contributed by atoms with Crippen LogP contribution in [0.4, 0.5) is 15.3 Å². The third-order valence-electron chi connectivity index (χ3n) is 3.92. The van der Waals surface area contributed by atoms with Gasteiger partial charge < -0.3 is 20.5 Å². The molecule has 0 unspecified atom stereocenters. The van der Waals surface area contributed by atoms with Gasteiger partial charge in [-0.3, -0.25) is 4.90 Å². The number of anilines is 1. The topological polar surface area (TPSA) is 96.1 Å². The summed E-state index contributed by atoms with van der Waals surface area (Å²) in [5, 5.41) is 9.03. The van der Waals surface area contributed by atoms with Gasteiger partial charge in [0.25, 0.3) is 0 Å². The van der Waals surface area contributed by atoms with E-state index < -0.39 is 6.09 Å². The van der Waals surface area contributed by atoms with Crippen molar-refractivity contribution in [3.8, 4) is 0 Å². The number of nitrogens with two attached hydrogens (primary N) is 1. The van der Waals surface area contributed by atoms with Crippen LogP contribution in [0, 0.1) is 0 Å². The van der Waals surface area contributed by atoms with Gasteiger partial charge in [0.1, 0.15) is 6.10 Å². The average Bonchev–Trinajstić information content (AvgIpc) is 2.87. The number of amides is 2. The molecule has 2 amide bonds. The summed E-state index contributed by atoms with van der Waals surface area (Å²) in [5.41, 5.74) is 8.36. The van der Waals surface area contributed by atoms with Crippen LogP contribution in [-0.4, -0.2) is 47.9 Å². The zero-order valence-corrected chi connectivity index (χ0v) is 11.5. The summed E-state index contributed by atoms with van der Waals surface area (Å²) in [5.74, 6) is 0. The smallest absolute Gasteiger partial charge is 0.414 e. The standard InChI is InChI=1S/C14H17N3O4/c15-6-12-8-17(14(20)21-12)11-2-1-10-7-16(13(18)19)4-3-9(10)5-11/h1-2,5,12H,3-4,6-8,15H2,(H,18,19)/t12-/m0/s1. The quantitative estimate of drug-likeness (QED) is 0.847. The molecule has 3 rings (SSSR count). The van der Waals surface area contributed by atoms with Crippen molar-refractivity contribution >= 4 is 17.9 Å². The van der Waals surface area contributed by atoms with Gasteiger partial charge in [-0.2, -0.15) is 0 Å². The first-order chi connectivity index (χ1) is 10.1. The lowest BCUT2D eigenvalue weighted by Gasteiger charge is -2.27. The van der Waals surface area contributed by atoms with Gasteiger partial charge in [0, 0.05) is 25.3 Å². The van der Waals surface area contributed by atoms with Crippen molar-refractivity contribution in [1.82, 2.24) is 4.90 Å². The molecule has 7 nitrogen and oxygen atoms in total. The highest BCUT2D eigenvalue weighted by Crippen LogP contribution is 2.27. The lowest BCUT2D eigenvalue weighted by atomic mass is 9.99. The van der Waals surface area contributed by atoms with Crippen molar-refractivity contribution in [2.45, 2.75) is 19.1 Å². The number of hydrogen-bond acceptors (Lipinski definition) is 4. The Hall–Kier alpha value is -2.28. The Morgan fingerprint density at radius 1 is 1.43 bits per heavy atom. The first-order valence-electron chi connectivity index (χ1n) is 6.86. The van der Waals surface area contributed by atoms with Crippen LogP contribution in [-0.2, 0) is 17.7 Å². The number of nitrogens with zero attached hydrogens (tertiary/aromatic N) is 2. The van der Waals surface area contributed by atoms with Crippen molar-refractivity contribution < 1.29 is 19.4 Å². The maximum absolute atomic E-state index is 11.8. The number of ether oxygens (including phenoxy) is 1. The zero-order chi connectivity index (χ0) is 15.0. The molecule has 112 valence electrons. The van der Waals surface area contributed by atoms with E-state index in [0.29, 0.717) is 32.6 Å². The van der Waals surface area contributed by atoms with Crippen LogP contribution in [0.3, 0.4) is 0 Å². The number of hydrogen-bond donors (Lipinski definition) is 2. The van der Waals surface area contributed by atoms with E-state index in [2.05, 4.69) is 0 Å². The van der Waals surface area contributed by atoms with Gasteiger partial charge in [0.15, 0.2) is 0 Å². The second kappa shape index (κ2) is 5.25. The van der Waals surface area contributed by atoms with Crippen molar-refractivity contribution in [2.75, 3.05) is 24.5 Å². The highest BCUT2D eigenvalue weighted by atomic mass is 16.6. The fourth-order valence-corrected chi connectivity index (χ4v) is 2.73. The molecule has 0 aromatic heterocycles. The summed E-state index contributed by atoms with van der Waals surface area (Å²) in [6.45, 7) is 1.62. The molecular formula is C14H17N3O4. The minimum absolute atomic E-state index is 0.268. The van der Waals surface area contributed by atoms with Gasteiger partial charge in [-0.1, -0.05) is 6.07 Å². The Morgan fingerprint density at radius 3 is 2.90 bits per heavy atom. The molecule has 1 saturated heterocycles. The largest absolute Gasteiger partial charge is 0.465 e. The molecule has 0 saturated carbocycles. The van der Waals surface area contributed by atoms with Crippen LogP contribution >= 0.6 is 0 Å². The summed E-state index contributed by atoms with van der Waals surface area (Å²) >= 11 is 0. The third kappa shape index (κ3) is 2.52. The number of carbonyl (C=O) groups excluding carboxylic acids is 1. The van der Waals surface area contributed by atoms with Gasteiger partial charge in [-0.05, 0) is 29.7 Å². The van der Waals surface area contributed by atoms with E-state index in [-0.39, 0.29) is 12.2 Å². The van der Waals surface area contributed by atoms with Crippen LogP contribution in [0.15, 0.2) is 18.2 Å². The average molecular weight is 291 g/mol. The summed E-state index contributed by atoms with van der Waals surface area (Å²) in [7, 11) is 0. The monoisotopic (exact) mass is 291 g/mol. The van der Waals surface area contributed by atoms with Crippen molar-refractivity contribution in [2.24, 2.45) is 5.73 Å². The molecule has 0 aliphatic carbocycles. The van der Waals surface area contributed by atoms with Crippen LogP contribution in [0.25, 0.3) is 0 Å². The molecule has 2 heterocycles. The molecule has 0 radical (unpaired) electrons. The highest BCUT2D eigenvalue weighted by molar-refractivity contribution is 5.90. The van der Waals surface area contributed by atoms with Gasteiger partial charge >= 0.3 is 12.2 Å². The second-order valence-electron chi connectivity index (χ2n) is 5.26. The SMILES string of the molecule is NC[C@H]1CN(c2ccc3c(c2)CCN(C(=O)O)C3)C(=O)O1. The Bertz CT molecular complexity index is 590. The van der Waals surface area contributed by atoms with Gasteiger partial charge in [-0.25, -0.2) is 9.59 Å². The third-order valence-corrected chi connectivity index (χ3v) is 3.92. The first-order valence-corrected chi connectivity index (χ1v) is 6.86. The molecule has 0 bridgehead atoms. The van der Waals surface area contributed by atoms with E-state index >= 15 is 0 Å². The highest BCUT2D eigenvalue weighted by Gasteiger charge is 2.32. The van der Waals surface area contributed by atoms with Crippen LogP contribution < -0.4 is 10.6 Å². The predicted octanol–water partition coefficient (Wildman–Crippen LogP) is 1.01. The zero-order valence-electron chi connectivity index (χ0n) is 11.5. The molecule has 1 aromatic rings. The Kier molecular flexibility index (Phi) is 3.42. The lowest BCUT2D eigenvalue weighted by Crippen LogP contribution is -2.35. The maximum Gasteiger partial charge on any atom is 0.414 e. The lowest BCUT2D eigenvalue weighted by molar-refractivity contribution is 0.140. The summed E-state index contributed by atoms with van der Waals surface area (Å²) in [6, 6.07) is 5.64. The number of rotatable bonds is 2. The molecule has 1 fully saturated rings. The van der Waals surface area contributed by atoms with Gasteiger partial charge in [-0.15, -0.1) is 0 Å². The fourth-order valence-electron chi connectivity index (χ4n) is 2.73. The summed E-state index contributed by atoms with van der Waals surface area (Å²) < 4.78 is 5.15. The molecule has 1 atom stereocenters.